The maximum absolute atomic E-state index is 5.29. The molecular weight excluding hydrogens is 109 g/mol. The van der Waals surface area contributed by atoms with Gasteiger partial charge in [-0.25, -0.2) is 0 Å². The van der Waals surface area contributed by atoms with Crippen molar-refractivity contribution in [3.8, 4) is 0 Å². The number of nitrogens with two attached hydrogens (primary N) is 1. The summed E-state index contributed by atoms with van der Waals surface area (Å²) < 4.78 is 0. The predicted octanol–water partition coefficient (Wildman–Crippen LogP) is 0.498. The fraction of sp³-hybridized carbons (Fsp3) is 0.286. The van der Waals surface area contributed by atoms with Crippen LogP contribution >= 0.6 is 0 Å². The van der Waals surface area contributed by atoms with Crippen molar-refractivity contribution in [2.24, 2.45) is 5.73 Å². The fourth-order valence-corrected chi connectivity index (χ4v) is 0.649. The standard InChI is InChI=1S/C7H12BN/c1-5(2)7(4-9)6(3)8/h4,8H,1,9H2,2-3H3/b7-4-. The second-order valence-corrected chi connectivity index (χ2v) is 2.14. The van der Waals surface area contributed by atoms with E-state index in [4.69, 9.17) is 5.73 Å². The van der Waals surface area contributed by atoms with Crippen LogP contribution in [0.15, 0.2) is 23.9 Å². The SMILES string of the molecule is B=C(C)/C(=C\N)C(=C)C. The van der Waals surface area contributed by atoms with Gasteiger partial charge < -0.3 is 0 Å². The molecule has 0 unspecified atom stereocenters. The summed E-state index contributed by atoms with van der Waals surface area (Å²) in [4.78, 5) is 0. The molecule has 2 N–H and O–H groups in total. The summed E-state index contributed by atoms with van der Waals surface area (Å²) >= 11 is 0. The average Bonchev–Trinajstić information content (AvgIpc) is 1.64. The molecule has 0 aromatic heterocycles. The maximum atomic E-state index is 5.29. The minimum absolute atomic E-state index is 0.954. The van der Waals surface area contributed by atoms with Gasteiger partial charge >= 0.3 is 56.5 Å². The molecule has 2 heteroatoms. The van der Waals surface area contributed by atoms with E-state index in [9.17, 15) is 0 Å². The Kier molecular flexibility index (Phi) is 3.00. The summed E-state index contributed by atoms with van der Waals surface area (Å²) in [5, 5.41) is 0. The molecule has 0 saturated carbocycles. The monoisotopic (exact) mass is 121 g/mol. The van der Waals surface area contributed by atoms with Crippen molar-refractivity contribution in [1.29, 1.82) is 0 Å². The van der Waals surface area contributed by atoms with Crippen LogP contribution in [0.4, 0.5) is 0 Å². The third-order valence-electron chi connectivity index (χ3n) is 1.09. The van der Waals surface area contributed by atoms with Crippen LogP contribution in [0.2, 0.25) is 0 Å². The van der Waals surface area contributed by atoms with Crippen molar-refractivity contribution >= 4 is 13.0 Å². The molecular formula is C7H12BN. The molecule has 0 aromatic carbocycles. The molecule has 0 heterocycles. The van der Waals surface area contributed by atoms with E-state index in [-0.39, 0.29) is 0 Å². The minimum atomic E-state index is 0.954. The van der Waals surface area contributed by atoms with Gasteiger partial charge in [-0.3, -0.25) is 0 Å². The predicted molar refractivity (Wildman–Crippen MR) is 44.9 cm³/mol. The zero-order chi connectivity index (χ0) is 7.44. The summed E-state index contributed by atoms with van der Waals surface area (Å²) in [5.41, 5.74) is 8.17. The Hall–Kier alpha value is -0.785. The van der Waals surface area contributed by atoms with Gasteiger partial charge in [0.1, 0.15) is 0 Å². The quantitative estimate of drug-likeness (QED) is 0.417. The van der Waals surface area contributed by atoms with Crippen LogP contribution in [-0.4, -0.2) is 13.0 Å². The first-order valence-electron chi connectivity index (χ1n) is 2.83. The van der Waals surface area contributed by atoms with E-state index in [1.54, 1.807) is 0 Å². The Balaban J connectivity index is 4.38. The summed E-state index contributed by atoms with van der Waals surface area (Å²) in [6, 6.07) is 0. The summed E-state index contributed by atoms with van der Waals surface area (Å²) in [7, 11) is 3.74. The van der Waals surface area contributed by atoms with Crippen LogP contribution in [0.5, 0.6) is 0 Å². The molecule has 0 aliphatic heterocycles. The fourth-order valence-electron chi connectivity index (χ4n) is 0.649. The molecule has 0 aliphatic rings. The normalized spacial score (nSPS) is 11.0. The third kappa shape index (κ3) is 2.31. The first kappa shape index (κ1) is 8.21. The van der Waals surface area contributed by atoms with E-state index < -0.39 is 0 Å². The molecule has 0 bridgehead atoms. The van der Waals surface area contributed by atoms with Crippen molar-refractivity contribution in [2.75, 3.05) is 0 Å². The zero-order valence-electron chi connectivity index (χ0n) is 6.07. The average molecular weight is 121 g/mol. The molecule has 0 aromatic rings. The van der Waals surface area contributed by atoms with Gasteiger partial charge in [0.2, 0.25) is 0 Å². The summed E-state index contributed by atoms with van der Waals surface area (Å²) in [5.74, 6) is 0. The van der Waals surface area contributed by atoms with E-state index in [0.717, 1.165) is 16.6 Å². The first-order chi connectivity index (χ1) is 4.09. The van der Waals surface area contributed by atoms with Crippen molar-refractivity contribution < 1.29 is 0 Å². The molecule has 1 nitrogen and oxygen atoms in total. The van der Waals surface area contributed by atoms with Gasteiger partial charge in [0.25, 0.3) is 0 Å². The molecule has 0 amide bonds. The zero-order valence-corrected chi connectivity index (χ0v) is 6.07. The molecule has 48 valence electrons. The van der Waals surface area contributed by atoms with Gasteiger partial charge in [-0.15, -0.1) is 0 Å². The van der Waals surface area contributed by atoms with Crippen molar-refractivity contribution in [3.63, 3.8) is 0 Å². The van der Waals surface area contributed by atoms with Crippen LogP contribution in [-0.2, 0) is 0 Å². The van der Waals surface area contributed by atoms with Gasteiger partial charge in [0.15, 0.2) is 0 Å². The van der Waals surface area contributed by atoms with Gasteiger partial charge in [-0.1, -0.05) is 0 Å². The molecule has 0 saturated heterocycles. The topological polar surface area (TPSA) is 26.0 Å². The second-order valence-electron chi connectivity index (χ2n) is 2.14. The van der Waals surface area contributed by atoms with Gasteiger partial charge in [-0.2, -0.15) is 0 Å². The van der Waals surface area contributed by atoms with E-state index in [1.807, 2.05) is 13.8 Å². The molecule has 0 rings (SSSR count). The van der Waals surface area contributed by atoms with Gasteiger partial charge in [0, 0.05) is 0 Å². The van der Waals surface area contributed by atoms with Crippen LogP contribution in [0, 0.1) is 0 Å². The Morgan fingerprint density at radius 2 is 2.00 bits per heavy atom. The van der Waals surface area contributed by atoms with Gasteiger partial charge in [0.05, 0.1) is 0 Å². The van der Waals surface area contributed by atoms with Gasteiger partial charge in [-0.05, 0) is 0 Å². The van der Waals surface area contributed by atoms with Crippen molar-refractivity contribution in [2.45, 2.75) is 13.8 Å². The van der Waals surface area contributed by atoms with Crippen molar-refractivity contribution in [1.82, 2.24) is 0 Å². The molecule has 0 atom stereocenters. The van der Waals surface area contributed by atoms with E-state index in [2.05, 4.69) is 14.1 Å². The number of hydrogen-bond acceptors (Lipinski definition) is 1. The second kappa shape index (κ2) is 3.28. The third-order valence-corrected chi connectivity index (χ3v) is 1.09. The van der Waals surface area contributed by atoms with Crippen LogP contribution in [0.3, 0.4) is 0 Å². The van der Waals surface area contributed by atoms with E-state index >= 15 is 0 Å². The van der Waals surface area contributed by atoms with Crippen LogP contribution in [0.1, 0.15) is 13.8 Å². The Morgan fingerprint density at radius 1 is 1.56 bits per heavy atom. The van der Waals surface area contributed by atoms with E-state index in [0.29, 0.717) is 0 Å². The van der Waals surface area contributed by atoms with Crippen LogP contribution in [0.25, 0.3) is 0 Å². The molecule has 0 fully saturated rings. The molecule has 0 spiro atoms. The van der Waals surface area contributed by atoms with Crippen LogP contribution < -0.4 is 5.73 Å². The Bertz CT molecular complexity index is 152. The number of rotatable bonds is 2. The first-order valence-corrected chi connectivity index (χ1v) is 2.83. The number of hydrogen-bond donors (Lipinski definition) is 1. The Labute approximate surface area is 57.3 Å². The summed E-state index contributed by atoms with van der Waals surface area (Å²) in [6.07, 6.45) is 1.53. The summed E-state index contributed by atoms with van der Waals surface area (Å²) in [6.45, 7) is 7.56. The molecule has 9 heavy (non-hydrogen) atoms. The number of allylic oxidation sites excluding steroid dienone is 2. The van der Waals surface area contributed by atoms with Crippen molar-refractivity contribution in [3.05, 3.63) is 23.9 Å². The molecule has 0 aliphatic carbocycles. The van der Waals surface area contributed by atoms with E-state index in [1.165, 1.54) is 6.20 Å². The molecule has 0 radical (unpaired) electrons. The Morgan fingerprint density at radius 3 is 2.00 bits per heavy atom.